The molecule has 0 saturated carbocycles. The predicted molar refractivity (Wildman–Crippen MR) is 48.7 cm³/mol. The molecule has 1 atom stereocenters. The lowest BCUT2D eigenvalue weighted by Crippen LogP contribution is -2.13. The highest BCUT2D eigenvalue weighted by Gasteiger charge is 2.23. The summed E-state index contributed by atoms with van der Waals surface area (Å²) in [7, 11) is 1.32. The first-order valence-corrected chi connectivity index (χ1v) is 4.19. The highest BCUT2D eigenvalue weighted by atomic mass is 14.2. The van der Waals surface area contributed by atoms with E-state index in [1.807, 2.05) is 0 Å². The first-order chi connectivity index (χ1) is 4.50. The van der Waals surface area contributed by atoms with Crippen molar-refractivity contribution in [2.45, 2.75) is 39.9 Å². The minimum atomic E-state index is 0.421. The lowest BCUT2D eigenvalue weighted by Gasteiger charge is -2.20. The van der Waals surface area contributed by atoms with E-state index >= 15 is 0 Å². The quantitative estimate of drug-likeness (QED) is 0.449. The van der Waals surface area contributed by atoms with E-state index in [0.29, 0.717) is 5.41 Å². The zero-order valence-corrected chi connectivity index (χ0v) is 7.57. The van der Waals surface area contributed by atoms with Gasteiger partial charge in [-0.05, 0) is 11.8 Å². The van der Waals surface area contributed by atoms with Gasteiger partial charge in [0.25, 0.3) is 0 Å². The normalized spacial score (nSPS) is 26.0. The minimum absolute atomic E-state index is 0.421. The third-order valence-electron chi connectivity index (χ3n) is 2.30. The molecule has 0 nitrogen and oxygen atoms in total. The Hall–Kier alpha value is -0.195. The Labute approximate surface area is 65.0 Å². The van der Waals surface area contributed by atoms with Gasteiger partial charge in [-0.1, -0.05) is 39.6 Å². The van der Waals surface area contributed by atoms with Crippen LogP contribution in [-0.4, -0.2) is 7.28 Å². The Morgan fingerprint density at radius 2 is 2.10 bits per heavy atom. The van der Waals surface area contributed by atoms with Crippen LogP contribution in [0.4, 0.5) is 0 Å². The van der Waals surface area contributed by atoms with E-state index in [2.05, 4.69) is 33.8 Å². The second-order valence-corrected chi connectivity index (χ2v) is 4.52. The molecule has 0 aliphatic carbocycles. The Balaban J connectivity index is 2.60. The van der Waals surface area contributed by atoms with Gasteiger partial charge in [0.1, 0.15) is 0 Å². The Kier molecular flexibility index (Phi) is 1.93. The SMILES string of the molecule is CC1BC(C(C)(C)C)=CC1. The highest BCUT2D eigenvalue weighted by molar-refractivity contribution is 6.48. The summed E-state index contributed by atoms with van der Waals surface area (Å²) in [5.41, 5.74) is 2.07. The molecular formula is C9H17B. The van der Waals surface area contributed by atoms with E-state index in [-0.39, 0.29) is 0 Å². The molecule has 0 radical (unpaired) electrons. The lowest BCUT2D eigenvalue weighted by atomic mass is 9.56. The van der Waals surface area contributed by atoms with Crippen LogP contribution in [0.1, 0.15) is 34.1 Å². The first-order valence-electron chi connectivity index (χ1n) is 4.19. The van der Waals surface area contributed by atoms with Gasteiger partial charge in [0.15, 0.2) is 7.28 Å². The second kappa shape index (κ2) is 2.45. The lowest BCUT2D eigenvalue weighted by molar-refractivity contribution is 0.529. The largest absolute Gasteiger partial charge is 0.155 e. The molecule has 1 aliphatic heterocycles. The molecule has 1 heterocycles. The molecule has 0 aromatic heterocycles. The second-order valence-electron chi connectivity index (χ2n) is 4.52. The van der Waals surface area contributed by atoms with Gasteiger partial charge in [0.05, 0.1) is 0 Å². The van der Waals surface area contributed by atoms with Gasteiger partial charge in [0, 0.05) is 0 Å². The summed E-state index contributed by atoms with van der Waals surface area (Å²) in [6.07, 6.45) is 3.72. The summed E-state index contributed by atoms with van der Waals surface area (Å²) in [5, 5.41) is 0. The van der Waals surface area contributed by atoms with E-state index < -0.39 is 0 Å². The zero-order chi connectivity index (χ0) is 7.78. The summed E-state index contributed by atoms with van der Waals surface area (Å²) >= 11 is 0. The molecule has 1 aliphatic rings. The van der Waals surface area contributed by atoms with Gasteiger partial charge in [0.2, 0.25) is 0 Å². The molecule has 0 fully saturated rings. The molecule has 0 N–H and O–H groups in total. The van der Waals surface area contributed by atoms with E-state index in [1.54, 1.807) is 5.47 Å². The van der Waals surface area contributed by atoms with E-state index in [4.69, 9.17) is 0 Å². The molecule has 0 aromatic carbocycles. The maximum Gasteiger partial charge on any atom is 0.155 e. The summed E-state index contributed by atoms with van der Waals surface area (Å²) < 4.78 is 0. The van der Waals surface area contributed by atoms with Crippen LogP contribution in [-0.2, 0) is 0 Å². The van der Waals surface area contributed by atoms with Crippen molar-refractivity contribution in [3.63, 3.8) is 0 Å². The van der Waals surface area contributed by atoms with Crippen LogP contribution in [0, 0.1) is 5.41 Å². The molecule has 0 spiro atoms. The summed E-state index contributed by atoms with van der Waals surface area (Å²) in [5.74, 6) is 0.897. The molecule has 0 aromatic rings. The molecular weight excluding hydrogens is 119 g/mol. The smallest absolute Gasteiger partial charge is 0.104 e. The van der Waals surface area contributed by atoms with Crippen molar-refractivity contribution in [1.82, 2.24) is 0 Å². The molecule has 0 bridgehead atoms. The molecule has 10 heavy (non-hydrogen) atoms. The van der Waals surface area contributed by atoms with Crippen LogP contribution in [0.25, 0.3) is 0 Å². The number of hydrogen-bond donors (Lipinski definition) is 0. The van der Waals surface area contributed by atoms with E-state index in [9.17, 15) is 0 Å². The van der Waals surface area contributed by atoms with Crippen LogP contribution in [0.2, 0.25) is 5.82 Å². The van der Waals surface area contributed by atoms with E-state index in [0.717, 1.165) is 5.82 Å². The summed E-state index contributed by atoms with van der Waals surface area (Å²) in [6.45, 7) is 9.24. The monoisotopic (exact) mass is 136 g/mol. The van der Waals surface area contributed by atoms with Gasteiger partial charge >= 0.3 is 0 Å². The van der Waals surface area contributed by atoms with Gasteiger partial charge in [-0.25, -0.2) is 0 Å². The van der Waals surface area contributed by atoms with Crippen molar-refractivity contribution >= 4 is 7.28 Å². The van der Waals surface area contributed by atoms with Crippen LogP contribution in [0.5, 0.6) is 0 Å². The molecule has 56 valence electrons. The zero-order valence-electron chi connectivity index (χ0n) is 7.57. The fraction of sp³-hybridized carbons (Fsp3) is 0.778. The van der Waals surface area contributed by atoms with Crippen molar-refractivity contribution in [1.29, 1.82) is 0 Å². The van der Waals surface area contributed by atoms with Gasteiger partial charge in [-0.2, -0.15) is 0 Å². The average molecular weight is 136 g/mol. The van der Waals surface area contributed by atoms with Gasteiger partial charge < -0.3 is 0 Å². The topological polar surface area (TPSA) is 0 Å². The summed E-state index contributed by atoms with van der Waals surface area (Å²) in [6, 6.07) is 0. The van der Waals surface area contributed by atoms with Gasteiger partial charge in [-0.15, -0.1) is 5.47 Å². The van der Waals surface area contributed by atoms with Crippen molar-refractivity contribution in [2.24, 2.45) is 5.41 Å². The van der Waals surface area contributed by atoms with Crippen molar-refractivity contribution in [3.05, 3.63) is 11.5 Å². The van der Waals surface area contributed by atoms with Gasteiger partial charge in [-0.3, -0.25) is 0 Å². The fourth-order valence-corrected chi connectivity index (χ4v) is 1.50. The fourth-order valence-electron chi connectivity index (χ4n) is 1.50. The van der Waals surface area contributed by atoms with Crippen LogP contribution in [0.3, 0.4) is 0 Å². The standard InChI is InChI=1S/C9H17B/c1-7-5-6-8(10-7)9(2,3)4/h6-7,10H,5H2,1-4H3. The molecule has 1 unspecified atom stereocenters. The molecule has 0 saturated heterocycles. The van der Waals surface area contributed by atoms with Crippen LogP contribution >= 0.6 is 0 Å². The first kappa shape index (κ1) is 7.91. The molecule has 0 amide bonds. The molecule has 1 heteroatoms. The maximum absolute atomic E-state index is 2.42. The van der Waals surface area contributed by atoms with Crippen LogP contribution in [0.15, 0.2) is 11.5 Å². The third-order valence-corrected chi connectivity index (χ3v) is 2.30. The maximum atomic E-state index is 2.42. The Morgan fingerprint density at radius 1 is 1.50 bits per heavy atom. The number of rotatable bonds is 0. The van der Waals surface area contributed by atoms with Crippen LogP contribution < -0.4 is 0 Å². The number of allylic oxidation sites excluding steroid dienone is 2. The van der Waals surface area contributed by atoms with Crippen molar-refractivity contribution in [2.75, 3.05) is 0 Å². The van der Waals surface area contributed by atoms with E-state index in [1.165, 1.54) is 13.7 Å². The Morgan fingerprint density at radius 3 is 2.30 bits per heavy atom. The third kappa shape index (κ3) is 1.65. The molecule has 1 rings (SSSR count). The van der Waals surface area contributed by atoms with Crippen molar-refractivity contribution < 1.29 is 0 Å². The minimum Gasteiger partial charge on any atom is -0.104 e. The van der Waals surface area contributed by atoms with Crippen molar-refractivity contribution in [3.8, 4) is 0 Å². The average Bonchev–Trinajstić information content (AvgIpc) is 2.11. The highest BCUT2D eigenvalue weighted by Crippen LogP contribution is 2.33. The predicted octanol–water partition coefficient (Wildman–Crippen LogP) is 2.57. The summed E-state index contributed by atoms with van der Waals surface area (Å²) in [4.78, 5) is 0. The Bertz CT molecular complexity index is 151. The number of hydrogen-bond acceptors (Lipinski definition) is 0.